The zero-order valence-electron chi connectivity index (χ0n) is 13.2. The van der Waals surface area contributed by atoms with Crippen LogP contribution >= 0.6 is 11.6 Å². The Morgan fingerprint density at radius 2 is 2.18 bits per heavy atom. The molecule has 0 bridgehead atoms. The van der Waals surface area contributed by atoms with Gasteiger partial charge in [-0.2, -0.15) is 0 Å². The van der Waals surface area contributed by atoms with Crippen LogP contribution in [0, 0.1) is 6.92 Å². The van der Waals surface area contributed by atoms with Crippen LogP contribution in [0.2, 0.25) is 5.02 Å². The van der Waals surface area contributed by atoms with Gasteiger partial charge in [0.25, 0.3) is 0 Å². The van der Waals surface area contributed by atoms with E-state index in [2.05, 4.69) is 4.98 Å². The molecule has 1 aromatic carbocycles. The number of ketones is 1. The number of hydrogen-bond acceptors (Lipinski definition) is 3. The van der Waals surface area contributed by atoms with Gasteiger partial charge in [-0.15, -0.1) is 0 Å². The van der Waals surface area contributed by atoms with Gasteiger partial charge in [-0.3, -0.25) is 4.79 Å². The van der Waals surface area contributed by atoms with E-state index in [0.29, 0.717) is 22.9 Å². The summed E-state index contributed by atoms with van der Waals surface area (Å²) in [5.74, 6) is 1.71. The van der Waals surface area contributed by atoms with E-state index in [1.54, 1.807) is 19.4 Å². The molecule has 0 radical (unpaired) electrons. The molecule has 0 aliphatic heterocycles. The van der Waals surface area contributed by atoms with Crippen LogP contribution in [-0.4, -0.2) is 22.4 Å². The average Bonchev–Trinajstić information content (AvgIpc) is 2.88. The molecule has 0 N–H and O–H groups in total. The molecular formula is C17H21ClN2O2. The van der Waals surface area contributed by atoms with Crippen LogP contribution in [0.15, 0.2) is 24.4 Å². The lowest BCUT2D eigenvalue weighted by atomic mass is 10.0. The third-order valence-electron chi connectivity index (χ3n) is 3.76. The highest BCUT2D eigenvalue weighted by Gasteiger charge is 2.14. The lowest BCUT2D eigenvalue weighted by Crippen LogP contribution is -2.09. The van der Waals surface area contributed by atoms with Crippen LogP contribution in [0.4, 0.5) is 0 Å². The van der Waals surface area contributed by atoms with E-state index in [4.69, 9.17) is 16.3 Å². The summed E-state index contributed by atoms with van der Waals surface area (Å²) in [7, 11) is 1.61. The molecule has 0 aliphatic rings. The van der Waals surface area contributed by atoms with Crippen LogP contribution in [0.25, 0.3) is 0 Å². The van der Waals surface area contributed by atoms with Gasteiger partial charge in [-0.05, 0) is 38.3 Å². The number of methoxy groups -OCH3 is 1. The van der Waals surface area contributed by atoms with Gasteiger partial charge in [0, 0.05) is 13.0 Å². The molecule has 0 saturated heterocycles. The van der Waals surface area contributed by atoms with Crippen LogP contribution in [0.5, 0.6) is 5.75 Å². The quantitative estimate of drug-likeness (QED) is 0.722. The van der Waals surface area contributed by atoms with Crippen molar-refractivity contribution in [2.24, 2.45) is 0 Å². The van der Waals surface area contributed by atoms with E-state index in [9.17, 15) is 4.79 Å². The van der Waals surface area contributed by atoms with Gasteiger partial charge in [-0.1, -0.05) is 23.7 Å². The third kappa shape index (κ3) is 3.50. The number of carbonyl (C=O) groups is 1. The number of carbonyl (C=O) groups excluding carboxylic acids is 1. The maximum Gasteiger partial charge on any atom is 0.180 e. The Morgan fingerprint density at radius 3 is 2.86 bits per heavy atom. The van der Waals surface area contributed by atoms with Crippen molar-refractivity contribution in [3.05, 3.63) is 46.5 Å². The van der Waals surface area contributed by atoms with Crippen molar-refractivity contribution >= 4 is 17.4 Å². The lowest BCUT2D eigenvalue weighted by molar-refractivity contribution is 0.0971. The van der Waals surface area contributed by atoms with E-state index in [-0.39, 0.29) is 5.78 Å². The first-order valence-corrected chi connectivity index (χ1v) is 7.83. The smallest absolute Gasteiger partial charge is 0.180 e. The van der Waals surface area contributed by atoms with Crippen molar-refractivity contribution in [1.82, 2.24) is 9.55 Å². The molecule has 4 nitrogen and oxygen atoms in total. The number of para-hydroxylation sites is 1. The third-order valence-corrected chi connectivity index (χ3v) is 4.06. The SMILES string of the molecule is CCn1c(C(=O)CCCc2cccc(Cl)c2OC)cnc1C. The number of rotatable bonds is 7. The first-order chi connectivity index (χ1) is 10.6. The fraction of sp³-hybridized carbons (Fsp3) is 0.412. The molecule has 0 saturated carbocycles. The zero-order valence-corrected chi connectivity index (χ0v) is 14.0. The number of aromatic nitrogens is 2. The van der Waals surface area contributed by atoms with E-state index < -0.39 is 0 Å². The number of halogens is 1. The predicted molar refractivity (Wildman–Crippen MR) is 87.9 cm³/mol. The number of aryl methyl sites for hydroxylation is 2. The molecule has 118 valence electrons. The van der Waals surface area contributed by atoms with Crippen molar-refractivity contribution in [3.63, 3.8) is 0 Å². The molecular weight excluding hydrogens is 300 g/mol. The second-order valence-electron chi connectivity index (χ2n) is 5.14. The minimum Gasteiger partial charge on any atom is -0.495 e. The second-order valence-corrected chi connectivity index (χ2v) is 5.55. The van der Waals surface area contributed by atoms with Gasteiger partial charge >= 0.3 is 0 Å². The largest absolute Gasteiger partial charge is 0.495 e. The maximum absolute atomic E-state index is 12.3. The Labute approximate surface area is 136 Å². The molecule has 0 aliphatic carbocycles. The molecule has 0 amide bonds. The van der Waals surface area contributed by atoms with Gasteiger partial charge in [-0.25, -0.2) is 4.98 Å². The van der Waals surface area contributed by atoms with Crippen molar-refractivity contribution < 1.29 is 9.53 Å². The van der Waals surface area contributed by atoms with Crippen molar-refractivity contribution in [1.29, 1.82) is 0 Å². The maximum atomic E-state index is 12.3. The molecule has 0 unspecified atom stereocenters. The first kappa shape index (κ1) is 16.6. The van der Waals surface area contributed by atoms with E-state index in [0.717, 1.165) is 30.8 Å². The van der Waals surface area contributed by atoms with Crippen LogP contribution in [-0.2, 0) is 13.0 Å². The van der Waals surface area contributed by atoms with Crippen molar-refractivity contribution in [3.8, 4) is 5.75 Å². The van der Waals surface area contributed by atoms with Crippen LogP contribution in [0.3, 0.4) is 0 Å². The Hall–Kier alpha value is -1.81. The summed E-state index contributed by atoms with van der Waals surface area (Å²) >= 11 is 6.11. The lowest BCUT2D eigenvalue weighted by Gasteiger charge is -2.10. The highest BCUT2D eigenvalue weighted by molar-refractivity contribution is 6.32. The average molecular weight is 321 g/mol. The highest BCUT2D eigenvalue weighted by atomic mass is 35.5. The summed E-state index contributed by atoms with van der Waals surface area (Å²) in [6.45, 7) is 4.69. The zero-order chi connectivity index (χ0) is 16.1. The monoisotopic (exact) mass is 320 g/mol. The van der Waals surface area contributed by atoms with Gasteiger partial charge in [0.05, 0.1) is 18.3 Å². The fourth-order valence-electron chi connectivity index (χ4n) is 2.64. The Morgan fingerprint density at radius 1 is 1.41 bits per heavy atom. The first-order valence-electron chi connectivity index (χ1n) is 7.45. The topological polar surface area (TPSA) is 44.1 Å². The molecule has 22 heavy (non-hydrogen) atoms. The standard InChI is InChI=1S/C17H21ClN2O2/c1-4-20-12(2)19-11-15(20)16(21)10-6-8-13-7-5-9-14(18)17(13)22-3/h5,7,9,11H,4,6,8,10H2,1-3H3. The summed E-state index contributed by atoms with van der Waals surface area (Å²) in [4.78, 5) is 16.5. The number of Topliss-reactive ketones (excluding diaryl/α,β-unsaturated/α-hetero) is 1. The molecule has 0 fully saturated rings. The summed E-state index contributed by atoms with van der Waals surface area (Å²) in [5, 5.41) is 0.603. The van der Waals surface area contributed by atoms with Crippen molar-refractivity contribution in [2.75, 3.05) is 7.11 Å². The Balaban J connectivity index is 1.99. The molecule has 5 heteroatoms. The normalized spacial score (nSPS) is 10.7. The number of ether oxygens (including phenoxy) is 1. The highest BCUT2D eigenvalue weighted by Crippen LogP contribution is 2.29. The van der Waals surface area contributed by atoms with E-state index >= 15 is 0 Å². The minimum absolute atomic E-state index is 0.128. The Kier molecular flexibility index (Phi) is 5.61. The van der Waals surface area contributed by atoms with Crippen LogP contribution < -0.4 is 4.74 Å². The van der Waals surface area contributed by atoms with Crippen LogP contribution in [0.1, 0.15) is 41.6 Å². The van der Waals surface area contributed by atoms with E-state index in [1.165, 1.54) is 0 Å². The molecule has 0 atom stereocenters. The van der Waals surface area contributed by atoms with Crippen molar-refractivity contribution in [2.45, 2.75) is 39.7 Å². The predicted octanol–water partition coefficient (Wildman–Crippen LogP) is 4.08. The molecule has 0 spiro atoms. The van der Waals surface area contributed by atoms with Gasteiger partial charge in [0.2, 0.25) is 0 Å². The van der Waals surface area contributed by atoms with Gasteiger partial charge < -0.3 is 9.30 Å². The summed E-state index contributed by atoms with van der Waals surface area (Å²) in [6, 6.07) is 5.69. The summed E-state index contributed by atoms with van der Waals surface area (Å²) in [6.07, 6.45) is 3.67. The molecule has 1 aromatic heterocycles. The number of hydrogen-bond donors (Lipinski definition) is 0. The number of benzene rings is 1. The van der Waals surface area contributed by atoms with Gasteiger partial charge in [0.1, 0.15) is 17.3 Å². The fourth-order valence-corrected chi connectivity index (χ4v) is 2.91. The molecule has 2 aromatic rings. The Bertz CT molecular complexity index is 665. The minimum atomic E-state index is 0.128. The number of imidazole rings is 1. The number of nitrogens with zero attached hydrogens (tertiary/aromatic N) is 2. The van der Waals surface area contributed by atoms with E-state index in [1.807, 2.05) is 30.5 Å². The molecule has 2 rings (SSSR count). The summed E-state index contributed by atoms with van der Waals surface area (Å²) in [5.41, 5.74) is 1.72. The summed E-state index contributed by atoms with van der Waals surface area (Å²) < 4.78 is 7.27. The second kappa shape index (κ2) is 7.45. The molecule has 1 heterocycles. The van der Waals surface area contributed by atoms with Gasteiger partial charge in [0.15, 0.2) is 5.78 Å².